The van der Waals surface area contributed by atoms with Crippen LogP contribution in [0.5, 0.6) is 0 Å². The van der Waals surface area contributed by atoms with E-state index >= 15 is 4.39 Å². The van der Waals surface area contributed by atoms with Gasteiger partial charge >= 0.3 is 0 Å². The van der Waals surface area contributed by atoms with Gasteiger partial charge in [-0.25, -0.2) is 17.6 Å². The monoisotopic (exact) mass is 490 g/mol. The first-order valence-electron chi connectivity index (χ1n) is 13.6. The number of ether oxygens (including phenoxy) is 1. The highest BCUT2D eigenvalue weighted by Crippen LogP contribution is 2.43. The van der Waals surface area contributed by atoms with Crippen LogP contribution in [0.1, 0.15) is 100 Å². The fourth-order valence-electron chi connectivity index (χ4n) is 5.82. The standard InChI is InChI=1S/C30H38F4O/c1-3-5-6-12-24-14-13-19(18-35-24)10-7-8-11-21-16-23-17-22-15-20(9-4-2)27(31)29(33)25(22)26(23)30(34)28(21)32/h15-16,19,24H,3-14,17-18H2,1-2H3. The molecule has 1 nitrogen and oxygen atoms in total. The zero-order valence-corrected chi connectivity index (χ0v) is 21.1. The Labute approximate surface area is 207 Å². The van der Waals surface area contributed by atoms with E-state index in [-0.39, 0.29) is 11.1 Å². The van der Waals surface area contributed by atoms with Crippen LogP contribution in [0.3, 0.4) is 0 Å². The first-order valence-corrected chi connectivity index (χ1v) is 13.6. The SMILES string of the molecule is CCCCCC1CCC(CCCCc2cc3c(c(F)c2F)-c2c(cc(CCC)c(F)c2F)C3)CO1. The first-order chi connectivity index (χ1) is 16.9. The van der Waals surface area contributed by atoms with E-state index in [9.17, 15) is 13.2 Å². The Morgan fingerprint density at radius 1 is 0.714 bits per heavy atom. The summed E-state index contributed by atoms with van der Waals surface area (Å²) in [6, 6.07) is 3.28. The molecular weight excluding hydrogens is 452 g/mol. The lowest BCUT2D eigenvalue weighted by Gasteiger charge is -2.29. The summed E-state index contributed by atoms with van der Waals surface area (Å²) in [6.07, 6.45) is 12.2. The van der Waals surface area contributed by atoms with Crippen molar-refractivity contribution in [2.24, 2.45) is 5.92 Å². The topological polar surface area (TPSA) is 9.23 Å². The highest BCUT2D eigenvalue weighted by molar-refractivity contribution is 5.79. The van der Waals surface area contributed by atoms with Crippen molar-refractivity contribution in [3.8, 4) is 11.1 Å². The fraction of sp³-hybridized carbons (Fsp3) is 0.600. The molecule has 1 saturated heterocycles. The zero-order chi connectivity index (χ0) is 24.9. The van der Waals surface area contributed by atoms with Crippen molar-refractivity contribution >= 4 is 0 Å². The Morgan fingerprint density at radius 2 is 1.34 bits per heavy atom. The summed E-state index contributed by atoms with van der Waals surface area (Å²) in [4.78, 5) is 0. The van der Waals surface area contributed by atoms with E-state index in [0.29, 0.717) is 60.0 Å². The van der Waals surface area contributed by atoms with E-state index in [0.717, 1.165) is 38.7 Å². The van der Waals surface area contributed by atoms with Crippen LogP contribution >= 0.6 is 0 Å². The number of benzene rings is 2. The van der Waals surface area contributed by atoms with E-state index in [1.807, 2.05) is 6.92 Å². The molecule has 1 aliphatic heterocycles. The predicted octanol–water partition coefficient (Wildman–Crippen LogP) is 8.86. The highest BCUT2D eigenvalue weighted by Gasteiger charge is 2.31. The molecule has 2 aliphatic rings. The van der Waals surface area contributed by atoms with Crippen LogP contribution in [0.25, 0.3) is 11.1 Å². The normalized spacial score (nSPS) is 19.1. The molecule has 1 heterocycles. The number of hydrogen-bond donors (Lipinski definition) is 0. The summed E-state index contributed by atoms with van der Waals surface area (Å²) in [5, 5.41) is 0. The van der Waals surface area contributed by atoms with Crippen LogP contribution in [-0.2, 0) is 24.0 Å². The molecule has 35 heavy (non-hydrogen) atoms. The van der Waals surface area contributed by atoms with Gasteiger partial charge in [0.2, 0.25) is 0 Å². The molecule has 0 spiro atoms. The minimum atomic E-state index is -1.06. The number of fused-ring (bicyclic) bond motifs is 3. The molecule has 2 unspecified atom stereocenters. The maximum Gasteiger partial charge on any atom is 0.167 e. The van der Waals surface area contributed by atoms with E-state index in [4.69, 9.17) is 4.74 Å². The Hall–Kier alpha value is -1.88. The third kappa shape index (κ3) is 5.76. The molecule has 5 heteroatoms. The Kier molecular flexibility index (Phi) is 8.91. The molecule has 0 bridgehead atoms. The minimum absolute atomic E-state index is 0.103. The number of hydrogen-bond acceptors (Lipinski definition) is 1. The Balaban J connectivity index is 1.34. The minimum Gasteiger partial charge on any atom is -0.378 e. The van der Waals surface area contributed by atoms with Crippen LogP contribution in [0.4, 0.5) is 17.6 Å². The number of aryl methyl sites for hydroxylation is 2. The molecule has 0 aromatic heterocycles. The maximum atomic E-state index is 15.1. The average molecular weight is 491 g/mol. The van der Waals surface area contributed by atoms with Gasteiger partial charge in [-0.15, -0.1) is 0 Å². The van der Waals surface area contributed by atoms with Gasteiger partial charge in [0.05, 0.1) is 6.10 Å². The molecule has 192 valence electrons. The molecule has 0 amide bonds. The van der Waals surface area contributed by atoms with E-state index in [2.05, 4.69) is 6.92 Å². The van der Waals surface area contributed by atoms with Crippen molar-refractivity contribution in [1.29, 1.82) is 0 Å². The Bertz CT molecular complexity index is 1020. The second-order valence-electron chi connectivity index (χ2n) is 10.5. The second-order valence-corrected chi connectivity index (χ2v) is 10.5. The van der Waals surface area contributed by atoms with Gasteiger partial charge in [0, 0.05) is 17.7 Å². The van der Waals surface area contributed by atoms with Gasteiger partial charge < -0.3 is 4.74 Å². The molecule has 2 atom stereocenters. The Morgan fingerprint density at radius 3 is 1.91 bits per heavy atom. The predicted molar refractivity (Wildman–Crippen MR) is 133 cm³/mol. The molecule has 4 rings (SSSR count). The lowest BCUT2D eigenvalue weighted by molar-refractivity contribution is -0.0232. The van der Waals surface area contributed by atoms with Gasteiger partial charge in [-0.2, -0.15) is 0 Å². The highest BCUT2D eigenvalue weighted by atomic mass is 19.2. The van der Waals surface area contributed by atoms with E-state index in [1.165, 1.54) is 25.7 Å². The lowest BCUT2D eigenvalue weighted by Crippen LogP contribution is -2.25. The van der Waals surface area contributed by atoms with E-state index in [1.54, 1.807) is 12.1 Å². The van der Waals surface area contributed by atoms with Crippen LogP contribution in [0.15, 0.2) is 12.1 Å². The molecule has 0 radical (unpaired) electrons. The van der Waals surface area contributed by atoms with Gasteiger partial charge in [-0.3, -0.25) is 0 Å². The van der Waals surface area contributed by atoms with Gasteiger partial charge in [-0.1, -0.05) is 58.1 Å². The van der Waals surface area contributed by atoms with Crippen molar-refractivity contribution in [2.45, 2.75) is 103 Å². The largest absolute Gasteiger partial charge is 0.378 e. The lowest BCUT2D eigenvalue weighted by atomic mass is 9.91. The van der Waals surface area contributed by atoms with Crippen LogP contribution in [0.2, 0.25) is 0 Å². The molecule has 0 N–H and O–H groups in total. The van der Waals surface area contributed by atoms with Crippen molar-refractivity contribution in [1.82, 2.24) is 0 Å². The third-order valence-corrected chi connectivity index (χ3v) is 7.78. The molecule has 1 aliphatic carbocycles. The third-order valence-electron chi connectivity index (χ3n) is 7.78. The zero-order valence-electron chi connectivity index (χ0n) is 21.1. The number of rotatable bonds is 11. The van der Waals surface area contributed by atoms with Crippen molar-refractivity contribution < 1.29 is 22.3 Å². The van der Waals surface area contributed by atoms with Gasteiger partial charge in [-0.05, 0) is 79.5 Å². The van der Waals surface area contributed by atoms with E-state index < -0.39 is 23.3 Å². The van der Waals surface area contributed by atoms with Crippen molar-refractivity contribution in [2.75, 3.05) is 6.61 Å². The van der Waals surface area contributed by atoms with Crippen molar-refractivity contribution in [3.63, 3.8) is 0 Å². The summed E-state index contributed by atoms with van der Waals surface area (Å²) in [7, 11) is 0. The molecule has 2 aromatic rings. The summed E-state index contributed by atoms with van der Waals surface area (Å²) in [5.74, 6) is -3.43. The first kappa shape index (κ1) is 26.2. The number of unbranched alkanes of at least 4 members (excludes halogenated alkanes) is 3. The fourth-order valence-corrected chi connectivity index (χ4v) is 5.82. The summed E-state index contributed by atoms with van der Waals surface area (Å²) < 4.78 is 65.4. The summed E-state index contributed by atoms with van der Waals surface area (Å²) in [5.41, 5.74) is 1.52. The average Bonchev–Trinajstić information content (AvgIpc) is 3.22. The van der Waals surface area contributed by atoms with Crippen molar-refractivity contribution in [3.05, 3.63) is 57.7 Å². The summed E-state index contributed by atoms with van der Waals surface area (Å²) >= 11 is 0. The molecular formula is C30H38F4O. The van der Waals surface area contributed by atoms with Crippen LogP contribution in [-0.4, -0.2) is 12.7 Å². The maximum absolute atomic E-state index is 15.1. The second kappa shape index (κ2) is 11.9. The molecule has 0 saturated carbocycles. The van der Waals surface area contributed by atoms with Gasteiger partial charge in [0.25, 0.3) is 0 Å². The summed E-state index contributed by atoms with van der Waals surface area (Å²) in [6.45, 7) is 4.91. The molecule has 1 fully saturated rings. The van der Waals surface area contributed by atoms with Crippen LogP contribution < -0.4 is 0 Å². The van der Waals surface area contributed by atoms with Crippen LogP contribution in [0, 0.1) is 29.2 Å². The molecule has 2 aromatic carbocycles. The van der Waals surface area contributed by atoms with Gasteiger partial charge in [0.1, 0.15) is 0 Å². The van der Waals surface area contributed by atoms with Gasteiger partial charge in [0.15, 0.2) is 23.3 Å². The quantitative estimate of drug-likeness (QED) is 0.193. The number of halogens is 4. The smallest absolute Gasteiger partial charge is 0.167 e.